The second kappa shape index (κ2) is 5.97. The van der Waals surface area contributed by atoms with Crippen LogP contribution in [0.4, 0.5) is 0 Å². The van der Waals surface area contributed by atoms with Crippen molar-refractivity contribution in [3.05, 3.63) is 23.4 Å². The summed E-state index contributed by atoms with van der Waals surface area (Å²) in [6.45, 7) is 2.32. The predicted octanol–water partition coefficient (Wildman–Crippen LogP) is 1.01. The number of piperidine rings is 1. The van der Waals surface area contributed by atoms with Crippen LogP contribution in [-0.4, -0.2) is 33.0 Å². The molecule has 1 saturated heterocycles. The van der Waals surface area contributed by atoms with Crippen molar-refractivity contribution in [3.8, 4) is 0 Å². The first kappa shape index (κ1) is 13.7. The molecule has 1 fully saturated rings. The zero-order valence-corrected chi connectivity index (χ0v) is 11.5. The Hall–Kier alpha value is -0.690. The molecule has 5 nitrogen and oxygen atoms in total. The molecule has 0 atom stereocenters. The van der Waals surface area contributed by atoms with Crippen LogP contribution in [0.2, 0.25) is 5.02 Å². The lowest BCUT2D eigenvalue weighted by Crippen LogP contribution is -2.36. The molecule has 100 valence electrons. The largest absolute Gasteiger partial charge is 0.317 e. The zero-order valence-electron chi connectivity index (χ0n) is 9.89. The maximum absolute atomic E-state index is 12.0. The Labute approximate surface area is 112 Å². The number of hydrogen-bond acceptors (Lipinski definition) is 4. The monoisotopic (exact) mass is 289 g/mol. The van der Waals surface area contributed by atoms with E-state index in [9.17, 15) is 8.42 Å². The minimum atomic E-state index is -3.60. The van der Waals surface area contributed by atoms with E-state index < -0.39 is 10.0 Å². The van der Waals surface area contributed by atoms with Gasteiger partial charge in [-0.05, 0) is 44.0 Å². The highest BCUT2D eigenvalue weighted by molar-refractivity contribution is 7.89. The van der Waals surface area contributed by atoms with Gasteiger partial charge in [0.25, 0.3) is 10.0 Å². The van der Waals surface area contributed by atoms with Crippen LogP contribution in [0.3, 0.4) is 0 Å². The van der Waals surface area contributed by atoms with Crippen molar-refractivity contribution in [2.75, 3.05) is 19.6 Å². The number of rotatable bonds is 4. The van der Waals surface area contributed by atoms with Crippen LogP contribution in [0.15, 0.2) is 23.4 Å². The van der Waals surface area contributed by atoms with Crippen molar-refractivity contribution in [2.45, 2.75) is 17.9 Å². The highest BCUT2D eigenvalue weighted by Gasteiger charge is 2.21. The fourth-order valence-corrected chi connectivity index (χ4v) is 3.49. The van der Waals surface area contributed by atoms with Crippen molar-refractivity contribution < 1.29 is 8.42 Å². The number of halogens is 1. The summed E-state index contributed by atoms with van der Waals surface area (Å²) in [5.74, 6) is 0.378. The summed E-state index contributed by atoms with van der Waals surface area (Å²) >= 11 is 5.84. The smallest absolute Gasteiger partial charge is 0.259 e. The van der Waals surface area contributed by atoms with Gasteiger partial charge in [0.15, 0.2) is 5.03 Å². The Morgan fingerprint density at radius 2 is 2.17 bits per heavy atom. The maximum atomic E-state index is 12.0. The summed E-state index contributed by atoms with van der Waals surface area (Å²) in [4.78, 5) is 3.82. The van der Waals surface area contributed by atoms with Crippen LogP contribution in [-0.2, 0) is 10.0 Å². The number of hydrogen-bond donors (Lipinski definition) is 2. The summed E-state index contributed by atoms with van der Waals surface area (Å²) in [5, 5.41) is 3.29. The van der Waals surface area contributed by atoms with Gasteiger partial charge in [0.05, 0.1) is 5.02 Å². The van der Waals surface area contributed by atoms with E-state index in [1.165, 1.54) is 12.3 Å². The number of sulfonamides is 1. The van der Waals surface area contributed by atoms with Crippen molar-refractivity contribution in [3.63, 3.8) is 0 Å². The molecule has 0 amide bonds. The van der Waals surface area contributed by atoms with E-state index in [-0.39, 0.29) is 10.0 Å². The molecule has 2 N–H and O–H groups in total. The van der Waals surface area contributed by atoms with Crippen LogP contribution in [0.1, 0.15) is 12.8 Å². The Bertz CT molecular complexity index is 501. The average Bonchev–Trinajstić information content (AvgIpc) is 2.38. The van der Waals surface area contributed by atoms with E-state index >= 15 is 0 Å². The number of nitrogens with zero attached hydrogens (tertiary/aromatic N) is 1. The van der Waals surface area contributed by atoms with Gasteiger partial charge in [-0.15, -0.1) is 0 Å². The van der Waals surface area contributed by atoms with E-state index in [1.54, 1.807) is 6.07 Å². The highest BCUT2D eigenvalue weighted by atomic mass is 35.5. The Balaban J connectivity index is 2.01. The van der Waals surface area contributed by atoms with Crippen LogP contribution >= 0.6 is 11.6 Å². The summed E-state index contributed by atoms with van der Waals surface area (Å²) in [6, 6.07) is 3.13. The van der Waals surface area contributed by atoms with E-state index in [2.05, 4.69) is 15.0 Å². The van der Waals surface area contributed by atoms with Gasteiger partial charge in [0, 0.05) is 12.7 Å². The molecule has 1 aliphatic heterocycles. The molecular formula is C11H16ClN3O2S. The molecule has 0 radical (unpaired) electrons. The van der Waals surface area contributed by atoms with Crippen molar-refractivity contribution in [2.24, 2.45) is 5.92 Å². The summed E-state index contributed by atoms with van der Waals surface area (Å²) in [6.07, 6.45) is 3.39. The Morgan fingerprint density at radius 3 is 2.83 bits per heavy atom. The van der Waals surface area contributed by atoms with Gasteiger partial charge in [-0.1, -0.05) is 11.6 Å². The van der Waals surface area contributed by atoms with Gasteiger partial charge < -0.3 is 5.32 Å². The van der Waals surface area contributed by atoms with Gasteiger partial charge in [-0.2, -0.15) is 0 Å². The molecule has 7 heteroatoms. The lowest BCUT2D eigenvalue weighted by Gasteiger charge is -2.22. The molecule has 1 aromatic heterocycles. The lowest BCUT2D eigenvalue weighted by atomic mass is 9.99. The minimum Gasteiger partial charge on any atom is -0.317 e. The highest BCUT2D eigenvalue weighted by Crippen LogP contribution is 2.18. The van der Waals surface area contributed by atoms with E-state index in [0.29, 0.717) is 12.5 Å². The first-order valence-electron chi connectivity index (χ1n) is 5.90. The number of nitrogens with one attached hydrogen (secondary N) is 2. The molecule has 0 saturated carbocycles. The first-order chi connectivity index (χ1) is 8.59. The van der Waals surface area contributed by atoms with Crippen LogP contribution in [0.5, 0.6) is 0 Å². The molecule has 2 heterocycles. The minimum absolute atomic E-state index is 0.0967. The van der Waals surface area contributed by atoms with E-state index in [4.69, 9.17) is 11.6 Å². The molecule has 1 aliphatic rings. The molecule has 0 spiro atoms. The predicted molar refractivity (Wildman–Crippen MR) is 70.0 cm³/mol. The molecule has 18 heavy (non-hydrogen) atoms. The quantitative estimate of drug-likeness (QED) is 0.868. The van der Waals surface area contributed by atoms with Crippen molar-refractivity contribution >= 4 is 21.6 Å². The second-order valence-electron chi connectivity index (χ2n) is 4.34. The van der Waals surface area contributed by atoms with Gasteiger partial charge in [-0.25, -0.2) is 18.1 Å². The number of pyridine rings is 1. The normalized spacial score (nSPS) is 17.8. The first-order valence-corrected chi connectivity index (χ1v) is 7.76. The standard InChI is InChI=1S/C11H16ClN3O2S/c12-10-2-1-5-14-11(10)18(16,17)15-8-9-3-6-13-7-4-9/h1-2,5,9,13,15H,3-4,6-8H2. The van der Waals surface area contributed by atoms with Crippen LogP contribution in [0, 0.1) is 5.92 Å². The fraction of sp³-hybridized carbons (Fsp3) is 0.545. The van der Waals surface area contributed by atoms with Gasteiger partial charge >= 0.3 is 0 Å². The molecule has 1 aromatic rings. The molecule has 0 aliphatic carbocycles. The Morgan fingerprint density at radius 1 is 1.44 bits per heavy atom. The second-order valence-corrected chi connectivity index (χ2v) is 6.43. The van der Waals surface area contributed by atoms with Crippen molar-refractivity contribution in [1.82, 2.24) is 15.0 Å². The van der Waals surface area contributed by atoms with Gasteiger partial charge in [-0.3, -0.25) is 0 Å². The summed E-state index contributed by atoms with van der Waals surface area (Å²) < 4.78 is 26.6. The van der Waals surface area contributed by atoms with Gasteiger partial charge in [0.1, 0.15) is 0 Å². The lowest BCUT2D eigenvalue weighted by molar-refractivity contribution is 0.372. The fourth-order valence-electron chi connectivity index (χ4n) is 1.95. The van der Waals surface area contributed by atoms with Crippen LogP contribution < -0.4 is 10.0 Å². The molecule has 0 bridgehead atoms. The third-order valence-corrected chi connectivity index (χ3v) is 4.80. The van der Waals surface area contributed by atoms with Crippen molar-refractivity contribution in [1.29, 1.82) is 0 Å². The van der Waals surface area contributed by atoms with Gasteiger partial charge in [0.2, 0.25) is 0 Å². The molecule has 0 unspecified atom stereocenters. The summed E-state index contributed by atoms with van der Waals surface area (Å²) in [7, 11) is -3.60. The SMILES string of the molecule is O=S(=O)(NCC1CCNCC1)c1ncccc1Cl. The molecule has 0 aromatic carbocycles. The molecule has 2 rings (SSSR count). The Kier molecular flexibility index (Phi) is 4.55. The summed E-state index contributed by atoms with van der Waals surface area (Å²) in [5.41, 5.74) is 0. The van der Waals surface area contributed by atoms with E-state index in [1.807, 2.05) is 0 Å². The third-order valence-electron chi connectivity index (χ3n) is 3.00. The average molecular weight is 290 g/mol. The maximum Gasteiger partial charge on any atom is 0.259 e. The number of aromatic nitrogens is 1. The van der Waals surface area contributed by atoms with Crippen LogP contribution in [0.25, 0.3) is 0 Å². The molecular weight excluding hydrogens is 274 g/mol. The third kappa shape index (κ3) is 3.41. The van der Waals surface area contributed by atoms with E-state index in [0.717, 1.165) is 25.9 Å². The topological polar surface area (TPSA) is 71.1 Å². The zero-order chi connectivity index (χ0) is 13.0.